The first-order chi connectivity index (χ1) is 9.06. The molecule has 2 N–H and O–H groups in total. The largest absolute Gasteiger partial charge is 0.480 e. The molecule has 0 saturated heterocycles. The van der Waals surface area contributed by atoms with Crippen LogP contribution in [0.4, 0.5) is 8.78 Å². The molecule has 0 aromatic heterocycles. The van der Waals surface area contributed by atoms with Crippen LogP contribution in [-0.4, -0.2) is 25.5 Å². The maximum Gasteiger partial charge on any atom is 0.322 e. The highest BCUT2D eigenvalue weighted by Crippen LogP contribution is 2.21. The summed E-state index contributed by atoms with van der Waals surface area (Å²) in [5, 5.41) is 8.92. The van der Waals surface area contributed by atoms with Crippen LogP contribution in [0.1, 0.15) is 19.4 Å². The summed E-state index contributed by atoms with van der Waals surface area (Å²) in [6.07, 6.45) is 0. The molecule has 0 radical (unpaired) electrons. The minimum atomic E-state index is -4.61. The molecule has 0 saturated carbocycles. The van der Waals surface area contributed by atoms with Gasteiger partial charge in [-0.05, 0) is 30.5 Å². The number of carboxylic acid groups (broad SMARTS) is 1. The second kappa shape index (κ2) is 5.84. The molecule has 0 spiro atoms. The van der Waals surface area contributed by atoms with Gasteiger partial charge in [0.15, 0.2) is 4.90 Å². The third-order valence-electron chi connectivity index (χ3n) is 2.63. The second-order valence-electron chi connectivity index (χ2n) is 4.74. The van der Waals surface area contributed by atoms with Crippen molar-refractivity contribution in [3.05, 3.63) is 29.3 Å². The van der Waals surface area contributed by atoms with E-state index < -0.39 is 44.5 Å². The quantitative estimate of drug-likeness (QED) is 0.866. The zero-order valence-electron chi connectivity index (χ0n) is 11.1. The van der Waals surface area contributed by atoms with E-state index in [4.69, 9.17) is 5.11 Å². The van der Waals surface area contributed by atoms with E-state index in [2.05, 4.69) is 0 Å². The monoisotopic (exact) mass is 307 g/mol. The van der Waals surface area contributed by atoms with Gasteiger partial charge in [0.05, 0.1) is 0 Å². The lowest BCUT2D eigenvalue weighted by molar-refractivity contribution is -0.140. The third-order valence-corrected chi connectivity index (χ3v) is 4.12. The van der Waals surface area contributed by atoms with Gasteiger partial charge in [-0.2, -0.15) is 4.72 Å². The van der Waals surface area contributed by atoms with Crippen molar-refractivity contribution in [2.75, 3.05) is 0 Å². The number of hydrogen-bond acceptors (Lipinski definition) is 3. The minimum absolute atomic E-state index is 0.220. The number of rotatable bonds is 5. The minimum Gasteiger partial charge on any atom is -0.480 e. The first kappa shape index (κ1) is 16.5. The lowest BCUT2D eigenvalue weighted by atomic mass is 10.1. The van der Waals surface area contributed by atoms with E-state index in [9.17, 15) is 22.0 Å². The number of carboxylic acids is 1. The van der Waals surface area contributed by atoms with Crippen LogP contribution in [0.25, 0.3) is 0 Å². The zero-order valence-corrected chi connectivity index (χ0v) is 12.0. The Balaban J connectivity index is 3.28. The molecule has 0 amide bonds. The molecule has 0 bridgehead atoms. The Kier molecular flexibility index (Phi) is 4.82. The van der Waals surface area contributed by atoms with E-state index in [1.54, 1.807) is 4.72 Å². The van der Waals surface area contributed by atoms with Crippen LogP contribution in [0.5, 0.6) is 0 Å². The van der Waals surface area contributed by atoms with Crippen molar-refractivity contribution in [3.8, 4) is 0 Å². The molecule has 5 nitrogen and oxygen atoms in total. The van der Waals surface area contributed by atoms with Gasteiger partial charge < -0.3 is 5.11 Å². The fourth-order valence-corrected chi connectivity index (χ4v) is 3.10. The van der Waals surface area contributed by atoms with E-state index in [1.165, 1.54) is 20.8 Å². The number of aryl methyl sites for hydroxylation is 1. The Morgan fingerprint density at radius 2 is 1.70 bits per heavy atom. The first-order valence-corrected chi connectivity index (χ1v) is 7.25. The summed E-state index contributed by atoms with van der Waals surface area (Å²) in [5.74, 6) is -4.53. The van der Waals surface area contributed by atoms with Gasteiger partial charge in [-0.1, -0.05) is 13.8 Å². The van der Waals surface area contributed by atoms with Crippen molar-refractivity contribution in [1.29, 1.82) is 0 Å². The van der Waals surface area contributed by atoms with E-state index in [0.29, 0.717) is 0 Å². The summed E-state index contributed by atoms with van der Waals surface area (Å²) in [6.45, 7) is 4.36. The Labute approximate surface area is 115 Å². The van der Waals surface area contributed by atoms with E-state index >= 15 is 0 Å². The fourth-order valence-electron chi connectivity index (χ4n) is 1.64. The smallest absolute Gasteiger partial charge is 0.322 e. The summed E-state index contributed by atoms with van der Waals surface area (Å²) in [5.41, 5.74) is 0.220. The molecule has 1 aromatic rings. The molecule has 8 heteroatoms. The number of halogens is 2. The lowest BCUT2D eigenvalue weighted by Crippen LogP contribution is -2.44. The van der Waals surface area contributed by atoms with Crippen LogP contribution < -0.4 is 4.72 Å². The second-order valence-corrected chi connectivity index (χ2v) is 6.39. The molecule has 1 atom stereocenters. The van der Waals surface area contributed by atoms with Crippen LogP contribution in [0.15, 0.2) is 17.0 Å². The van der Waals surface area contributed by atoms with Gasteiger partial charge in [-0.3, -0.25) is 4.79 Å². The third kappa shape index (κ3) is 3.51. The number of nitrogens with one attached hydrogen (secondary N) is 1. The predicted octanol–water partition coefficient (Wildman–Crippen LogP) is 1.66. The average molecular weight is 307 g/mol. The van der Waals surface area contributed by atoms with Crippen molar-refractivity contribution in [2.45, 2.75) is 31.7 Å². The summed E-state index contributed by atoms with van der Waals surface area (Å²) >= 11 is 0. The van der Waals surface area contributed by atoms with Gasteiger partial charge in [0.1, 0.15) is 17.7 Å². The summed E-state index contributed by atoms with van der Waals surface area (Å²) < 4.78 is 53.0. The summed E-state index contributed by atoms with van der Waals surface area (Å²) in [4.78, 5) is 9.79. The topological polar surface area (TPSA) is 83.5 Å². The SMILES string of the molecule is Cc1cc(F)c(S(=O)(=O)NC(C(=O)O)C(C)C)c(F)c1. The summed E-state index contributed by atoms with van der Waals surface area (Å²) in [7, 11) is -4.61. The maximum atomic E-state index is 13.7. The van der Waals surface area contributed by atoms with Gasteiger partial charge in [-0.15, -0.1) is 0 Å². The number of sulfonamides is 1. The molecule has 1 rings (SSSR count). The molecular weight excluding hydrogens is 292 g/mol. The summed E-state index contributed by atoms with van der Waals surface area (Å²) in [6, 6.07) is 0.256. The molecule has 0 aliphatic heterocycles. The standard InChI is InChI=1S/C12H15F2NO4S/c1-6(2)10(12(16)17)15-20(18,19)11-8(13)4-7(3)5-9(11)14/h4-6,10,15H,1-3H3,(H,16,17). The van der Waals surface area contributed by atoms with E-state index in [0.717, 1.165) is 12.1 Å². The Morgan fingerprint density at radius 3 is 2.05 bits per heavy atom. The molecule has 0 fully saturated rings. The van der Waals surface area contributed by atoms with Gasteiger partial charge in [0.2, 0.25) is 10.0 Å². The molecule has 0 heterocycles. The van der Waals surface area contributed by atoms with Gasteiger partial charge in [-0.25, -0.2) is 17.2 Å². The molecular formula is C12H15F2NO4S. The van der Waals surface area contributed by atoms with E-state index in [1.807, 2.05) is 0 Å². The number of carbonyl (C=O) groups is 1. The van der Waals surface area contributed by atoms with E-state index in [-0.39, 0.29) is 5.56 Å². The Hall–Kier alpha value is -1.54. The number of benzene rings is 1. The molecule has 112 valence electrons. The van der Waals surface area contributed by atoms with Crippen molar-refractivity contribution < 1.29 is 27.1 Å². The molecule has 0 aliphatic rings. The Morgan fingerprint density at radius 1 is 1.25 bits per heavy atom. The van der Waals surface area contributed by atoms with Crippen molar-refractivity contribution in [1.82, 2.24) is 4.72 Å². The van der Waals surface area contributed by atoms with Crippen molar-refractivity contribution in [3.63, 3.8) is 0 Å². The molecule has 0 aliphatic carbocycles. The zero-order chi connectivity index (χ0) is 15.7. The highest BCUT2D eigenvalue weighted by molar-refractivity contribution is 7.89. The normalized spacial score (nSPS) is 13.5. The van der Waals surface area contributed by atoms with Crippen LogP contribution in [0.2, 0.25) is 0 Å². The van der Waals surface area contributed by atoms with Crippen LogP contribution in [0, 0.1) is 24.5 Å². The first-order valence-electron chi connectivity index (χ1n) is 5.77. The number of aliphatic carboxylic acids is 1. The van der Waals surface area contributed by atoms with Crippen molar-refractivity contribution >= 4 is 16.0 Å². The molecule has 1 unspecified atom stereocenters. The maximum absolute atomic E-state index is 13.7. The van der Waals surface area contributed by atoms with Crippen LogP contribution in [0.3, 0.4) is 0 Å². The highest BCUT2D eigenvalue weighted by Gasteiger charge is 2.31. The van der Waals surface area contributed by atoms with Gasteiger partial charge >= 0.3 is 5.97 Å². The predicted molar refractivity (Wildman–Crippen MR) is 67.7 cm³/mol. The Bertz CT molecular complexity index is 605. The van der Waals surface area contributed by atoms with Gasteiger partial charge in [0, 0.05) is 0 Å². The molecule has 1 aromatic carbocycles. The average Bonchev–Trinajstić information content (AvgIpc) is 2.23. The van der Waals surface area contributed by atoms with Crippen LogP contribution in [-0.2, 0) is 14.8 Å². The van der Waals surface area contributed by atoms with Crippen LogP contribution >= 0.6 is 0 Å². The highest BCUT2D eigenvalue weighted by atomic mass is 32.2. The molecule has 20 heavy (non-hydrogen) atoms. The number of hydrogen-bond donors (Lipinski definition) is 2. The van der Waals surface area contributed by atoms with Crippen molar-refractivity contribution in [2.24, 2.45) is 5.92 Å². The van der Waals surface area contributed by atoms with Gasteiger partial charge in [0.25, 0.3) is 0 Å². The lowest BCUT2D eigenvalue weighted by Gasteiger charge is -2.18. The fraction of sp³-hybridized carbons (Fsp3) is 0.417.